The highest BCUT2D eigenvalue weighted by molar-refractivity contribution is 7.90. The van der Waals surface area contributed by atoms with Gasteiger partial charge < -0.3 is 24.0 Å². The summed E-state index contributed by atoms with van der Waals surface area (Å²) in [4.78, 5) is 0. The Balaban J connectivity index is 0.00000192. The molecule has 0 nitrogen and oxygen atoms in total. The van der Waals surface area contributed by atoms with Gasteiger partial charge >= 0.3 is 0 Å². The normalized spacial score (nSPS) is 15.1. The van der Waals surface area contributed by atoms with E-state index in [0.29, 0.717) is 0 Å². The van der Waals surface area contributed by atoms with Gasteiger partial charge in [0, 0.05) is 11.1 Å². The van der Waals surface area contributed by atoms with Gasteiger partial charge in [-0.25, -0.2) is 0 Å². The molecule has 4 aromatic carbocycles. The third kappa shape index (κ3) is 2.82. The molecule has 0 aromatic heterocycles. The van der Waals surface area contributed by atoms with Crippen molar-refractivity contribution in [2.75, 3.05) is 12.8 Å². The molecule has 0 N–H and O–H groups in total. The molecule has 1 atom stereocenters. The van der Waals surface area contributed by atoms with Crippen LogP contribution in [-0.4, -0.2) is 12.8 Å². The second-order valence-electron chi connectivity index (χ2n) is 8.25. The number of halogens is 1. The van der Waals surface area contributed by atoms with Gasteiger partial charge in [0.2, 0.25) is 0 Å². The van der Waals surface area contributed by atoms with Crippen LogP contribution >= 0.6 is 7.26 Å². The highest BCUT2D eigenvalue weighted by Crippen LogP contribution is 2.63. The van der Waals surface area contributed by atoms with Crippen LogP contribution in [0.5, 0.6) is 0 Å². The summed E-state index contributed by atoms with van der Waals surface area (Å²) in [5, 5.41) is 8.78. The van der Waals surface area contributed by atoms with E-state index in [1.165, 1.54) is 45.3 Å². The molecule has 5 rings (SSSR count). The first-order valence-electron chi connectivity index (χ1n) is 10.0. The summed E-state index contributed by atoms with van der Waals surface area (Å²) in [7, 11) is -1.38. The van der Waals surface area contributed by atoms with E-state index >= 15 is 0 Å². The van der Waals surface area contributed by atoms with Gasteiger partial charge in [-0.3, -0.25) is 0 Å². The fraction of sp³-hybridized carbons (Fsp3) is 0.231. The minimum atomic E-state index is -1.38. The molecule has 28 heavy (non-hydrogen) atoms. The van der Waals surface area contributed by atoms with Gasteiger partial charge in [0.05, 0.1) is 20.1 Å². The molecule has 0 aliphatic carbocycles. The molecule has 0 radical (unpaired) electrons. The number of hydrogen-bond donors (Lipinski definition) is 0. The minimum Gasteiger partial charge on any atom is -1.00 e. The molecule has 1 aliphatic rings. The van der Waals surface area contributed by atoms with Gasteiger partial charge in [-0.1, -0.05) is 80.9 Å². The van der Waals surface area contributed by atoms with Crippen molar-refractivity contribution in [3.63, 3.8) is 0 Å². The quantitative estimate of drug-likeness (QED) is 0.301. The van der Waals surface area contributed by atoms with E-state index in [4.69, 9.17) is 0 Å². The first-order chi connectivity index (χ1) is 13.1. The van der Waals surface area contributed by atoms with Crippen molar-refractivity contribution in [2.45, 2.75) is 20.3 Å². The molecular formula is C26H26IP. The largest absolute Gasteiger partial charge is 1.00 e. The lowest BCUT2D eigenvalue weighted by molar-refractivity contribution is -0.00000536. The Morgan fingerprint density at radius 3 is 1.64 bits per heavy atom. The Labute approximate surface area is 185 Å². The smallest absolute Gasteiger partial charge is 0.107 e. The summed E-state index contributed by atoms with van der Waals surface area (Å²) in [6, 6.07) is 27.4. The van der Waals surface area contributed by atoms with E-state index in [9.17, 15) is 0 Å². The second-order valence-corrected chi connectivity index (χ2v) is 12.0. The van der Waals surface area contributed by atoms with Crippen molar-refractivity contribution in [3.05, 3.63) is 72.8 Å². The Morgan fingerprint density at radius 2 is 1.18 bits per heavy atom. The standard InChI is InChI=1S/C26H26P.HI/c1-4-18(2)17-27(3)23-15-13-19-9-5-7-11-21(19)25(23)26-22-12-8-6-10-20(22)14-16-24(26)27;/h5-16,18H,4,17H2,1-3H3;1H/q+1;/p-1/t18-;/m0./s1. The molecule has 0 fully saturated rings. The van der Waals surface area contributed by atoms with Crippen LogP contribution in [0.15, 0.2) is 72.8 Å². The molecule has 0 bridgehead atoms. The van der Waals surface area contributed by atoms with Crippen LogP contribution in [0, 0.1) is 5.92 Å². The van der Waals surface area contributed by atoms with Crippen molar-refractivity contribution in [1.82, 2.24) is 0 Å². The summed E-state index contributed by atoms with van der Waals surface area (Å²) in [6.07, 6.45) is 2.56. The third-order valence-electron chi connectivity index (χ3n) is 6.50. The lowest BCUT2D eigenvalue weighted by atomic mass is 9.94. The van der Waals surface area contributed by atoms with Crippen molar-refractivity contribution >= 4 is 39.4 Å². The monoisotopic (exact) mass is 496 g/mol. The summed E-state index contributed by atoms with van der Waals surface area (Å²) < 4.78 is 0. The molecule has 0 spiro atoms. The number of rotatable bonds is 3. The fourth-order valence-corrected chi connectivity index (χ4v) is 9.36. The molecule has 0 unspecified atom stereocenters. The van der Waals surface area contributed by atoms with Gasteiger partial charge in [-0.15, -0.1) is 0 Å². The van der Waals surface area contributed by atoms with Crippen LogP contribution in [0.1, 0.15) is 20.3 Å². The topological polar surface area (TPSA) is 0 Å². The second kappa shape index (κ2) is 7.43. The first-order valence-corrected chi connectivity index (χ1v) is 12.5. The molecule has 4 aromatic rings. The van der Waals surface area contributed by atoms with Crippen LogP contribution in [0.2, 0.25) is 0 Å². The molecule has 0 saturated carbocycles. The van der Waals surface area contributed by atoms with Crippen LogP contribution in [0.4, 0.5) is 0 Å². The maximum absolute atomic E-state index is 2.58. The Hall–Kier alpha value is -1.44. The van der Waals surface area contributed by atoms with Crippen LogP contribution < -0.4 is 34.6 Å². The first kappa shape index (κ1) is 19.9. The van der Waals surface area contributed by atoms with Gasteiger partial charge in [-0.05, 0) is 39.6 Å². The molecule has 2 heteroatoms. The molecule has 1 aliphatic heterocycles. The third-order valence-corrected chi connectivity index (χ3v) is 10.7. The summed E-state index contributed by atoms with van der Waals surface area (Å²) in [6.45, 7) is 7.33. The highest BCUT2D eigenvalue weighted by atomic mass is 127. The summed E-state index contributed by atoms with van der Waals surface area (Å²) in [5.41, 5.74) is 3.03. The highest BCUT2D eigenvalue weighted by Gasteiger charge is 2.48. The van der Waals surface area contributed by atoms with Crippen molar-refractivity contribution < 1.29 is 24.0 Å². The van der Waals surface area contributed by atoms with Crippen molar-refractivity contribution in [3.8, 4) is 11.1 Å². The van der Waals surface area contributed by atoms with E-state index in [-0.39, 0.29) is 24.0 Å². The van der Waals surface area contributed by atoms with Crippen LogP contribution in [0.25, 0.3) is 32.7 Å². The van der Waals surface area contributed by atoms with Gasteiger partial charge in [0.1, 0.15) is 10.6 Å². The lowest BCUT2D eigenvalue weighted by Crippen LogP contribution is -3.00. The van der Waals surface area contributed by atoms with Gasteiger partial charge in [-0.2, -0.15) is 0 Å². The minimum absolute atomic E-state index is 0. The summed E-state index contributed by atoms with van der Waals surface area (Å²) in [5.74, 6) is 0.750. The fourth-order valence-electron chi connectivity index (χ4n) is 4.95. The zero-order chi connectivity index (χ0) is 18.6. The van der Waals surface area contributed by atoms with E-state index in [1.807, 2.05) is 0 Å². The van der Waals surface area contributed by atoms with E-state index in [1.54, 1.807) is 10.6 Å². The molecule has 1 heterocycles. The van der Waals surface area contributed by atoms with E-state index in [2.05, 4.69) is 93.3 Å². The predicted molar refractivity (Wildman–Crippen MR) is 123 cm³/mol. The number of fused-ring (bicyclic) bond motifs is 7. The van der Waals surface area contributed by atoms with Crippen LogP contribution in [0.3, 0.4) is 0 Å². The Kier molecular flexibility index (Phi) is 5.27. The summed E-state index contributed by atoms with van der Waals surface area (Å²) >= 11 is 0. The van der Waals surface area contributed by atoms with Gasteiger partial charge in [0.25, 0.3) is 0 Å². The average Bonchev–Trinajstić information content (AvgIpc) is 2.97. The number of hydrogen-bond acceptors (Lipinski definition) is 0. The maximum atomic E-state index is 2.58. The van der Waals surface area contributed by atoms with Crippen molar-refractivity contribution in [2.24, 2.45) is 5.92 Å². The lowest BCUT2D eigenvalue weighted by Gasteiger charge is -2.23. The van der Waals surface area contributed by atoms with E-state index < -0.39 is 7.26 Å². The Morgan fingerprint density at radius 1 is 0.714 bits per heavy atom. The van der Waals surface area contributed by atoms with Gasteiger partial charge in [0.15, 0.2) is 0 Å². The van der Waals surface area contributed by atoms with Crippen LogP contribution in [-0.2, 0) is 0 Å². The predicted octanol–water partition coefficient (Wildman–Crippen LogP) is 3.62. The molecule has 0 saturated heterocycles. The number of benzene rings is 4. The Bertz CT molecular complexity index is 1090. The zero-order valence-electron chi connectivity index (χ0n) is 16.7. The molecule has 0 amide bonds. The van der Waals surface area contributed by atoms with Crippen molar-refractivity contribution in [1.29, 1.82) is 0 Å². The van der Waals surface area contributed by atoms with E-state index in [0.717, 1.165) is 5.92 Å². The maximum Gasteiger partial charge on any atom is 0.107 e. The molecule has 142 valence electrons. The SMILES string of the molecule is CC[C@H](C)C[P+]1(C)c2ccc3ccccc3c2-c2c1ccc1ccccc21.[I-]. The average molecular weight is 496 g/mol. The zero-order valence-corrected chi connectivity index (χ0v) is 19.8. The molecular weight excluding hydrogens is 470 g/mol.